The van der Waals surface area contributed by atoms with Gasteiger partial charge in [0.1, 0.15) is 11.6 Å². The van der Waals surface area contributed by atoms with Crippen LogP contribution in [-0.4, -0.2) is 22.1 Å². The van der Waals surface area contributed by atoms with Crippen LogP contribution in [0.25, 0.3) is 0 Å². The molecular formula is C15H12FNO4. The number of carbonyl (C=O) groups excluding carboxylic acids is 1. The summed E-state index contributed by atoms with van der Waals surface area (Å²) in [7, 11) is 0. The number of anilines is 1. The van der Waals surface area contributed by atoms with Crippen molar-refractivity contribution in [1.29, 1.82) is 0 Å². The first-order valence-electron chi connectivity index (χ1n) is 6.03. The second-order valence-electron chi connectivity index (χ2n) is 4.42. The number of phenolic OH excluding ortho intramolecular Hbond substituents is 1. The van der Waals surface area contributed by atoms with Gasteiger partial charge in [0.2, 0.25) is 0 Å². The Labute approximate surface area is 119 Å². The Morgan fingerprint density at radius 3 is 2.52 bits per heavy atom. The van der Waals surface area contributed by atoms with Crippen molar-refractivity contribution >= 4 is 17.6 Å². The van der Waals surface area contributed by atoms with E-state index >= 15 is 0 Å². The predicted octanol–water partition coefficient (Wildman–Crippen LogP) is 2.79. The fourth-order valence-electron chi connectivity index (χ4n) is 1.94. The molecule has 0 radical (unpaired) electrons. The second-order valence-corrected chi connectivity index (χ2v) is 4.42. The lowest BCUT2D eigenvalue weighted by molar-refractivity contribution is 0.0697. The first kappa shape index (κ1) is 14.5. The van der Waals surface area contributed by atoms with E-state index < -0.39 is 23.4 Å². The van der Waals surface area contributed by atoms with Gasteiger partial charge in [-0.3, -0.25) is 4.79 Å². The molecule has 1 amide bonds. The van der Waals surface area contributed by atoms with Crippen LogP contribution in [0.2, 0.25) is 0 Å². The van der Waals surface area contributed by atoms with E-state index in [0.717, 1.165) is 18.2 Å². The quantitative estimate of drug-likeness (QED) is 0.811. The van der Waals surface area contributed by atoms with Crippen LogP contribution in [0.4, 0.5) is 10.1 Å². The average molecular weight is 289 g/mol. The van der Waals surface area contributed by atoms with Crippen LogP contribution in [0.15, 0.2) is 36.4 Å². The molecule has 6 heteroatoms. The molecule has 0 aliphatic heterocycles. The lowest BCUT2D eigenvalue weighted by Gasteiger charge is -2.11. The summed E-state index contributed by atoms with van der Waals surface area (Å²) in [6, 6.07) is 7.60. The highest BCUT2D eigenvalue weighted by molar-refractivity contribution is 6.09. The van der Waals surface area contributed by atoms with Gasteiger partial charge < -0.3 is 15.5 Å². The smallest absolute Gasteiger partial charge is 0.338 e. The highest BCUT2D eigenvalue weighted by Gasteiger charge is 2.17. The largest absolute Gasteiger partial charge is 0.507 e. The maximum Gasteiger partial charge on any atom is 0.338 e. The van der Waals surface area contributed by atoms with Gasteiger partial charge in [-0.15, -0.1) is 0 Å². The predicted molar refractivity (Wildman–Crippen MR) is 74.2 cm³/mol. The van der Waals surface area contributed by atoms with Crippen LogP contribution in [0.3, 0.4) is 0 Å². The van der Waals surface area contributed by atoms with Crippen LogP contribution in [0.5, 0.6) is 5.75 Å². The Bertz CT molecular complexity index is 728. The lowest BCUT2D eigenvalue weighted by Crippen LogP contribution is -2.15. The number of aryl methyl sites for hydroxylation is 1. The number of carboxylic acids is 1. The maximum absolute atomic E-state index is 12.9. The number of carboxylic acid groups (broad SMARTS) is 1. The van der Waals surface area contributed by atoms with E-state index in [-0.39, 0.29) is 16.8 Å². The molecule has 2 aromatic rings. The minimum atomic E-state index is -1.17. The van der Waals surface area contributed by atoms with Crippen molar-refractivity contribution in [3.8, 4) is 5.75 Å². The first-order valence-corrected chi connectivity index (χ1v) is 6.03. The minimum Gasteiger partial charge on any atom is -0.507 e. The Morgan fingerprint density at radius 1 is 1.19 bits per heavy atom. The number of carbonyl (C=O) groups is 2. The van der Waals surface area contributed by atoms with Gasteiger partial charge in [-0.05, 0) is 30.7 Å². The van der Waals surface area contributed by atoms with E-state index in [2.05, 4.69) is 5.32 Å². The van der Waals surface area contributed by atoms with Gasteiger partial charge in [0.25, 0.3) is 5.91 Å². The molecule has 0 atom stereocenters. The van der Waals surface area contributed by atoms with Crippen LogP contribution in [0.1, 0.15) is 26.3 Å². The number of nitrogens with one attached hydrogen (secondary N) is 1. The van der Waals surface area contributed by atoms with Crippen molar-refractivity contribution in [2.75, 3.05) is 5.32 Å². The molecule has 108 valence electrons. The summed E-state index contributed by atoms with van der Waals surface area (Å²) in [5.41, 5.74) is 0.418. The molecule has 5 nitrogen and oxygen atoms in total. The highest BCUT2D eigenvalue weighted by atomic mass is 19.1. The summed E-state index contributed by atoms with van der Waals surface area (Å²) in [6.07, 6.45) is 0. The van der Waals surface area contributed by atoms with Crippen molar-refractivity contribution in [1.82, 2.24) is 0 Å². The molecule has 0 unspecified atom stereocenters. The fourth-order valence-corrected chi connectivity index (χ4v) is 1.94. The maximum atomic E-state index is 12.9. The van der Waals surface area contributed by atoms with E-state index in [1.807, 2.05) is 0 Å². The number of aromatic carboxylic acids is 1. The number of rotatable bonds is 3. The van der Waals surface area contributed by atoms with Crippen molar-refractivity contribution in [2.24, 2.45) is 0 Å². The third-order valence-electron chi connectivity index (χ3n) is 2.94. The molecule has 0 aromatic heterocycles. The highest BCUT2D eigenvalue weighted by Crippen LogP contribution is 2.23. The zero-order valence-electron chi connectivity index (χ0n) is 11.1. The van der Waals surface area contributed by atoms with Gasteiger partial charge in [-0.25, -0.2) is 9.18 Å². The summed E-state index contributed by atoms with van der Waals surface area (Å²) >= 11 is 0. The van der Waals surface area contributed by atoms with Gasteiger partial charge in [0.15, 0.2) is 0 Å². The molecular weight excluding hydrogens is 277 g/mol. The summed E-state index contributed by atoms with van der Waals surface area (Å²) in [6.45, 7) is 1.61. The van der Waals surface area contributed by atoms with E-state index in [1.165, 1.54) is 6.07 Å². The third kappa shape index (κ3) is 3.00. The molecule has 0 heterocycles. The van der Waals surface area contributed by atoms with Gasteiger partial charge in [-0.1, -0.05) is 12.1 Å². The number of halogens is 1. The normalized spacial score (nSPS) is 10.2. The van der Waals surface area contributed by atoms with Crippen molar-refractivity contribution in [3.63, 3.8) is 0 Å². The van der Waals surface area contributed by atoms with Gasteiger partial charge in [-0.2, -0.15) is 0 Å². The van der Waals surface area contributed by atoms with E-state index in [0.29, 0.717) is 5.56 Å². The molecule has 0 saturated heterocycles. The summed E-state index contributed by atoms with van der Waals surface area (Å²) < 4.78 is 12.9. The molecule has 0 bridgehead atoms. The Kier molecular flexibility index (Phi) is 3.89. The monoisotopic (exact) mass is 289 g/mol. The topological polar surface area (TPSA) is 86.6 Å². The molecule has 0 aliphatic rings. The molecule has 0 spiro atoms. The van der Waals surface area contributed by atoms with Crippen molar-refractivity contribution in [2.45, 2.75) is 6.92 Å². The number of benzene rings is 2. The number of hydrogen-bond acceptors (Lipinski definition) is 3. The second kappa shape index (κ2) is 5.62. The van der Waals surface area contributed by atoms with Crippen LogP contribution in [0, 0.1) is 12.7 Å². The summed E-state index contributed by atoms with van der Waals surface area (Å²) in [5, 5.41) is 21.1. The Balaban J connectivity index is 2.36. The number of amides is 1. The molecule has 0 fully saturated rings. The molecule has 3 N–H and O–H groups in total. The SMILES string of the molecule is Cc1cccc(NC(=O)c2ccc(F)cc2O)c1C(=O)O. The van der Waals surface area contributed by atoms with E-state index in [1.54, 1.807) is 19.1 Å². The van der Waals surface area contributed by atoms with E-state index in [4.69, 9.17) is 0 Å². The Hall–Kier alpha value is -2.89. The lowest BCUT2D eigenvalue weighted by atomic mass is 10.1. The van der Waals surface area contributed by atoms with E-state index in [9.17, 15) is 24.2 Å². The van der Waals surface area contributed by atoms with Crippen LogP contribution < -0.4 is 5.32 Å². The van der Waals surface area contributed by atoms with Crippen molar-refractivity contribution < 1.29 is 24.2 Å². The Morgan fingerprint density at radius 2 is 1.90 bits per heavy atom. The number of aromatic hydroxyl groups is 1. The molecule has 0 saturated carbocycles. The molecule has 21 heavy (non-hydrogen) atoms. The van der Waals surface area contributed by atoms with Crippen LogP contribution in [-0.2, 0) is 0 Å². The molecule has 2 aromatic carbocycles. The minimum absolute atomic E-state index is 0.0348. The average Bonchev–Trinajstić information content (AvgIpc) is 2.37. The summed E-state index contributed by atoms with van der Waals surface area (Å²) in [5.74, 6) is -3.09. The van der Waals surface area contributed by atoms with Crippen LogP contribution >= 0.6 is 0 Å². The van der Waals surface area contributed by atoms with Gasteiger partial charge >= 0.3 is 5.97 Å². The van der Waals surface area contributed by atoms with Crippen molar-refractivity contribution in [3.05, 3.63) is 58.9 Å². The zero-order chi connectivity index (χ0) is 15.6. The number of phenols is 1. The number of hydrogen-bond donors (Lipinski definition) is 3. The molecule has 2 rings (SSSR count). The molecule has 0 aliphatic carbocycles. The van der Waals surface area contributed by atoms with Gasteiger partial charge in [0.05, 0.1) is 16.8 Å². The zero-order valence-corrected chi connectivity index (χ0v) is 11.1. The fraction of sp³-hybridized carbons (Fsp3) is 0.0667. The third-order valence-corrected chi connectivity index (χ3v) is 2.94. The summed E-state index contributed by atoms with van der Waals surface area (Å²) in [4.78, 5) is 23.3. The first-order chi connectivity index (χ1) is 9.90. The van der Waals surface area contributed by atoms with Gasteiger partial charge in [0, 0.05) is 6.07 Å². The standard InChI is InChI=1S/C15H12FNO4/c1-8-3-2-4-11(13(8)15(20)21)17-14(19)10-6-5-9(16)7-12(10)18/h2-7,18H,1H3,(H,17,19)(H,20,21).